The molecule has 0 radical (unpaired) electrons. The average molecular weight is 457 g/mol. The van der Waals surface area contributed by atoms with Gasteiger partial charge < -0.3 is 4.74 Å². The summed E-state index contributed by atoms with van der Waals surface area (Å²) in [5.74, 6) is 4.27. The second kappa shape index (κ2) is 8.21. The Morgan fingerprint density at radius 3 is 2.30 bits per heavy atom. The Kier molecular flexibility index (Phi) is 6.33. The number of methoxy groups -OCH3 is 1. The highest BCUT2D eigenvalue weighted by atomic mass is 16.5. The summed E-state index contributed by atoms with van der Waals surface area (Å²) < 4.78 is 5.59. The molecule has 8 unspecified atom stereocenters. The molecular formula is C31H52O2. The molecule has 0 aromatic rings. The van der Waals surface area contributed by atoms with Gasteiger partial charge in [0.1, 0.15) is 5.78 Å². The molecule has 188 valence electrons. The van der Waals surface area contributed by atoms with Crippen LogP contribution in [0.2, 0.25) is 0 Å². The molecule has 33 heavy (non-hydrogen) atoms. The van der Waals surface area contributed by atoms with E-state index in [1.54, 1.807) is 7.11 Å². The number of hydrogen-bond donors (Lipinski definition) is 0. The smallest absolute Gasteiger partial charge is 0.138 e. The van der Waals surface area contributed by atoms with Crippen molar-refractivity contribution >= 4 is 5.78 Å². The lowest BCUT2D eigenvalue weighted by Crippen LogP contribution is -2.61. The van der Waals surface area contributed by atoms with Crippen LogP contribution in [0.4, 0.5) is 0 Å². The molecule has 0 aromatic carbocycles. The molecule has 8 atom stereocenters. The number of carbonyl (C=O) groups is 1. The molecule has 2 heteroatoms. The Balaban J connectivity index is 1.56. The van der Waals surface area contributed by atoms with Crippen molar-refractivity contribution in [1.82, 2.24) is 0 Å². The zero-order valence-electron chi connectivity index (χ0n) is 23.2. The summed E-state index contributed by atoms with van der Waals surface area (Å²) in [6, 6.07) is 0. The first kappa shape index (κ1) is 25.5. The number of allylic oxidation sites excluding steroid dienone is 1. The minimum absolute atomic E-state index is 0.130. The van der Waals surface area contributed by atoms with Crippen molar-refractivity contribution in [1.29, 1.82) is 0 Å². The molecule has 0 spiro atoms. The fourth-order valence-electron chi connectivity index (χ4n) is 10.1. The number of ketones is 1. The molecule has 0 aromatic heterocycles. The van der Waals surface area contributed by atoms with Crippen molar-refractivity contribution in [3.63, 3.8) is 0 Å². The van der Waals surface area contributed by atoms with Crippen LogP contribution in [0.5, 0.6) is 0 Å². The van der Waals surface area contributed by atoms with Crippen LogP contribution in [0.1, 0.15) is 113 Å². The van der Waals surface area contributed by atoms with Gasteiger partial charge in [0.2, 0.25) is 0 Å². The Morgan fingerprint density at radius 1 is 0.970 bits per heavy atom. The predicted octanol–water partition coefficient (Wildman–Crippen LogP) is 8.25. The van der Waals surface area contributed by atoms with Crippen LogP contribution in [-0.4, -0.2) is 18.5 Å². The third-order valence-corrected chi connectivity index (χ3v) is 12.5. The van der Waals surface area contributed by atoms with Crippen molar-refractivity contribution in [2.45, 2.75) is 119 Å². The van der Waals surface area contributed by atoms with Crippen molar-refractivity contribution in [2.24, 2.45) is 51.2 Å². The fraction of sp³-hybridized carbons (Fsp3) is 0.903. The molecule has 0 amide bonds. The maximum atomic E-state index is 12.8. The van der Waals surface area contributed by atoms with Gasteiger partial charge in [-0.15, -0.1) is 0 Å². The number of ether oxygens (including phenoxy) is 1. The molecule has 0 saturated heterocycles. The van der Waals surface area contributed by atoms with E-state index < -0.39 is 0 Å². The molecule has 4 fully saturated rings. The number of rotatable bonds is 5. The van der Waals surface area contributed by atoms with Gasteiger partial charge in [-0.1, -0.05) is 53.7 Å². The second-order valence-electron chi connectivity index (χ2n) is 14.4. The summed E-state index contributed by atoms with van der Waals surface area (Å²) >= 11 is 0. The van der Waals surface area contributed by atoms with Crippen LogP contribution < -0.4 is 0 Å². The van der Waals surface area contributed by atoms with Gasteiger partial charge in [-0.05, 0) is 111 Å². The lowest BCUT2D eigenvalue weighted by atomic mass is 9.38. The number of carbonyl (C=O) groups excluding carboxylic acids is 1. The highest BCUT2D eigenvalue weighted by Crippen LogP contribution is 2.74. The fourth-order valence-corrected chi connectivity index (χ4v) is 10.1. The minimum Gasteiger partial charge on any atom is -0.375 e. The van der Waals surface area contributed by atoms with E-state index in [-0.39, 0.29) is 11.0 Å². The maximum absolute atomic E-state index is 12.8. The Labute approximate surface area is 204 Å². The Bertz CT molecular complexity index is 793. The molecule has 2 nitrogen and oxygen atoms in total. The molecular weight excluding hydrogens is 404 g/mol. The summed E-state index contributed by atoms with van der Waals surface area (Å²) in [5, 5.41) is 0. The van der Waals surface area contributed by atoms with Crippen LogP contribution in [0.25, 0.3) is 0 Å². The van der Waals surface area contributed by atoms with E-state index in [0.717, 1.165) is 42.9 Å². The van der Waals surface area contributed by atoms with Crippen LogP contribution in [0.3, 0.4) is 0 Å². The summed E-state index contributed by atoms with van der Waals surface area (Å²) in [6.45, 7) is 19.3. The van der Waals surface area contributed by atoms with E-state index >= 15 is 0 Å². The molecule has 4 saturated carbocycles. The lowest BCUT2D eigenvalue weighted by molar-refractivity contribution is -0.183. The molecule has 4 rings (SSSR count). The lowest BCUT2D eigenvalue weighted by Gasteiger charge is -2.66. The van der Waals surface area contributed by atoms with E-state index in [1.807, 2.05) is 0 Å². The highest BCUT2D eigenvalue weighted by molar-refractivity contribution is 5.85. The monoisotopic (exact) mass is 456 g/mol. The number of Topliss-reactive ketones (excluding diaryl/α,β-unsaturated/α-hetero) is 1. The zero-order chi connectivity index (χ0) is 24.4. The van der Waals surface area contributed by atoms with Crippen LogP contribution >= 0.6 is 0 Å². The minimum atomic E-state index is -0.172. The average Bonchev–Trinajstić information content (AvgIpc) is 3.02. The SMILES string of the molecule is COC(C)(C)C=CCC(C)C1CCC2(C)C3CCC4C(C)(C)C(=O)CCC4(C)C3CCC12C. The summed E-state index contributed by atoms with van der Waals surface area (Å²) in [6.07, 6.45) is 15.9. The summed E-state index contributed by atoms with van der Waals surface area (Å²) in [4.78, 5) is 12.8. The normalized spacial score (nSPS) is 46.0. The van der Waals surface area contributed by atoms with Gasteiger partial charge in [0.15, 0.2) is 0 Å². The summed E-state index contributed by atoms with van der Waals surface area (Å²) in [7, 11) is 1.80. The summed E-state index contributed by atoms with van der Waals surface area (Å²) in [5.41, 5.74) is 0.942. The highest BCUT2D eigenvalue weighted by Gasteiger charge is 2.67. The molecule has 4 aliphatic carbocycles. The van der Waals surface area contributed by atoms with E-state index in [0.29, 0.717) is 27.9 Å². The molecule has 0 bridgehead atoms. The van der Waals surface area contributed by atoms with E-state index in [2.05, 4.69) is 67.5 Å². The third-order valence-electron chi connectivity index (χ3n) is 12.5. The largest absolute Gasteiger partial charge is 0.375 e. The molecule has 0 heterocycles. The topological polar surface area (TPSA) is 26.3 Å². The third kappa shape index (κ3) is 3.71. The van der Waals surface area contributed by atoms with Crippen molar-refractivity contribution in [3.8, 4) is 0 Å². The van der Waals surface area contributed by atoms with Crippen LogP contribution in [-0.2, 0) is 9.53 Å². The second-order valence-corrected chi connectivity index (χ2v) is 14.4. The first-order valence-electron chi connectivity index (χ1n) is 14.0. The first-order valence-corrected chi connectivity index (χ1v) is 14.0. The van der Waals surface area contributed by atoms with Crippen LogP contribution in [0.15, 0.2) is 12.2 Å². The molecule has 0 N–H and O–H groups in total. The molecule has 0 aliphatic heterocycles. The van der Waals surface area contributed by atoms with Gasteiger partial charge in [-0.25, -0.2) is 0 Å². The van der Waals surface area contributed by atoms with Gasteiger partial charge >= 0.3 is 0 Å². The standard InChI is InChI=1S/C31H52O2/c1-21(11-10-17-27(2,3)33-9)22-14-19-31(8)24-12-13-25-28(4,5)26(32)16-18-29(25,6)23(24)15-20-30(22,31)7/h10,17,21-25H,11-16,18-20H2,1-9H3. The number of fused-ring (bicyclic) bond motifs is 5. The number of hydrogen-bond acceptors (Lipinski definition) is 2. The maximum Gasteiger partial charge on any atom is 0.138 e. The van der Waals surface area contributed by atoms with Gasteiger partial charge in [0.05, 0.1) is 5.60 Å². The van der Waals surface area contributed by atoms with Gasteiger partial charge in [0.25, 0.3) is 0 Å². The zero-order valence-corrected chi connectivity index (χ0v) is 23.2. The van der Waals surface area contributed by atoms with Gasteiger partial charge in [-0.2, -0.15) is 0 Å². The quantitative estimate of drug-likeness (QED) is 0.389. The molecule has 4 aliphatic rings. The van der Waals surface area contributed by atoms with E-state index in [9.17, 15) is 4.79 Å². The van der Waals surface area contributed by atoms with Gasteiger partial charge in [-0.3, -0.25) is 4.79 Å². The Hall–Kier alpha value is -0.630. The van der Waals surface area contributed by atoms with Crippen molar-refractivity contribution in [3.05, 3.63) is 12.2 Å². The van der Waals surface area contributed by atoms with E-state index in [1.165, 1.54) is 38.5 Å². The Morgan fingerprint density at radius 2 is 1.64 bits per heavy atom. The predicted molar refractivity (Wildman–Crippen MR) is 138 cm³/mol. The van der Waals surface area contributed by atoms with E-state index in [4.69, 9.17) is 4.74 Å². The first-order chi connectivity index (χ1) is 15.2. The van der Waals surface area contributed by atoms with Gasteiger partial charge in [0, 0.05) is 18.9 Å². The van der Waals surface area contributed by atoms with Crippen molar-refractivity contribution < 1.29 is 9.53 Å². The van der Waals surface area contributed by atoms with Crippen molar-refractivity contribution in [2.75, 3.05) is 7.11 Å². The van der Waals surface area contributed by atoms with Crippen LogP contribution in [0, 0.1) is 51.2 Å².